The van der Waals surface area contributed by atoms with Crippen molar-refractivity contribution in [2.24, 2.45) is 0 Å². The smallest absolute Gasteiger partial charge is 0.260 e. The van der Waals surface area contributed by atoms with Crippen molar-refractivity contribution in [2.45, 2.75) is 19.8 Å². The molecule has 2 aromatic carbocycles. The summed E-state index contributed by atoms with van der Waals surface area (Å²) in [5, 5.41) is 10.5. The Balaban J connectivity index is 1.90. The molecule has 1 aromatic heterocycles. The van der Waals surface area contributed by atoms with E-state index >= 15 is 0 Å². The lowest BCUT2D eigenvalue weighted by atomic mass is 10.0. The van der Waals surface area contributed by atoms with Crippen LogP contribution in [-0.2, 0) is 4.79 Å². The minimum Gasteiger partial charge on any atom is -0.308 e. The molecule has 0 saturated carbocycles. The summed E-state index contributed by atoms with van der Waals surface area (Å²) >= 11 is 1.45. The number of unbranched alkanes of at least 4 members (excludes halogenated alkanes) is 1. The van der Waals surface area contributed by atoms with Crippen LogP contribution in [0.4, 0.5) is 5.69 Å². The molecule has 5 heteroatoms. The standard InChI is InChI=1S/C21H17N3OS/c1-2-3-12-24-17-10-6-4-8-14(17)19(21(24)25)15(13-22)20-23-16-9-5-7-11-18(16)26-20/h4-11H,2-3,12H2,1H3/b19-15+. The number of nitriles is 1. The van der Waals surface area contributed by atoms with Gasteiger partial charge in [0.25, 0.3) is 5.91 Å². The number of thiazole rings is 1. The van der Waals surface area contributed by atoms with Gasteiger partial charge in [0.2, 0.25) is 0 Å². The predicted molar refractivity (Wildman–Crippen MR) is 106 cm³/mol. The number of fused-ring (bicyclic) bond motifs is 2. The summed E-state index contributed by atoms with van der Waals surface area (Å²) in [7, 11) is 0. The van der Waals surface area contributed by atoms with Crippen molar-refractivity contribution in [3.05, 3.63) is 59.1 Å². The van der Waals surface area contributed by atoms with E-state index < -0.39 is 0 Å². The molecular formula is C21H17N3OS. The van der Waals surface area contributed by atoms with Crippen molar-refractivity contribution in [1.29, 1.82) is 5.26 Å². The number of carbonyl (C=O) groups is 1. The monoisotopic (exact) mass is 359 g/mol. The Morgan fingerprint density at radius 3 is 2.73 bits per heavy atom. The van der Waals surface area contributed by atoms with Gasteiger partial charge < -0.3 is 4.90 Å². The second kappa shape index (κ2) is 6.74. The molecule has 0 N–H and O–H groups in total. The van der Waals surface area contributed by atoms with Gasteiger partial charge in [-0.05, 0) is 24.6 Å². The molecule has 26 heavy (non-hydrogen) atoms. The van der Waals surface area contributed by atoms with Gasteiger partial charge in [-0.15, -0.1) is 11.3 Å². The summed E-state index contributed by atoms with van der Waals surface area (Å²) in [4.78, 5) is 19.5. The van der Waals surface area contributed by atoms with Gasteiger partial charge in [0.05, 0.1) is 21.5 Å². The van der Waals surface area contributed by atoms with Gasteiger partial charge >= 0.3 is 0 Å². The lowest BCUT2D eigenvalue weighted by Gasteiger charge is -2.16. The van der Waals surface area contributed by atoms with E-state index in [-0.39, 0.29) is 5.91 Å². The highest BCUT2D eigenvalue weighted by atomic mass is 32.1. The molecule has 4 nitrogen and oxygen atoms in total. The van der Waals surface area contributed by atoms with E-state index in [1.807, 2.05) is 48.5 Å². The molecule has 0 unspecified atom stereocenters. The van der Waals surface area contributed by atoms with Gasteiger partial charge in [0.1, 0.15) is 16.6 Å². The Hall–Kier alpha value is -2.97. The zero-order valence-corrected chi connectivity index (χ0v) is 15.2. The van der Waals surface area contributed by atoms with Crippen molar-refractivity contribution < 1.29 is 4.79 Å². The third kappa shape index (κ3) is 2.59. The maximum Gasteiger partial charge on any atom is 0.260 e. The quantitative estimate of drug-likeness (QED) is 0.493. The summed E-state index contributed by atoms with van der Waals surface area (Å²) in [6.45, 7) is 2.76. The van der Waals surface area contributed by atoms with Gasteiger partial charge in [0, 0.05) is 12.1 Å². The maximum atomic E-state index is 13.2. The Kier molecular flexibility index (Phi) is 4.27. The minimum absolute atomic E-state index is 0.101. The summed E-state index contributed by atoms with van der Waals surface area (Å²) in [6.07, 6.45) is 1.93. The van der Waals surface area contributed by atoms with Gasteiger partial charge in [-0.1, -0.05) is 43.7 Å². The lowest BCUT2D eigenvalue weighted by molar-refractivity contribution is -0.113. The van der Waals surface area contributed by atoms with Crippen LogP contribution in [0.25, 0.3) is 21.4 Å². The predicted octanol–water partition coefficient (Wildman–Crippen LogP) is 4.88. The van der Waals surface area contributed by atoms with Crippen molar-refractivity contribution in [3.63, 3.8) is 0 Å². The van der Waals surface area contributed by atoms with Crippen molar-refractivity contribution in [2.75, 3.05) is 11.4 Å². The molecule has 1 aliphatic rings. The first-order valence-electron chi connectivity index (χ1n) is 8.66. The van der Waals surface area contributed by atoms with Gasteiger partial charge in [-0.3, -0.25) is 4.79 Å². The molecule has 0 radical (unpaired) electrons. The molecule has 1 amide bonds. The molecule has 0 atom stereocenters. The van der Waals surface area contributed by atoms with E-state index in [2.05, 4.69) is 18.0 Å². The summed E-state index contributed by atoms with van der Waals surface area (Å²) in [5.41, 5.74) is 3.39. The Bertz CT molecular complexity index is 1040. The Morgan fingerprint density at radius 1 is 1.19 bits per heavy atom. The van der Waals surface area contributed by atoms with Crippen LogP contribution in [0.3, 0.4) is 0 Å². The number of nitrogens with zero attached hydrogens (tertiary/aromatic N) is 3. The van der Waals surface area contributed by atoms with Crippen LogP contribution < -0.4 is 4.90 Å². The number of anilines is 1. The first kappa shape index (κ1) is 16.5. The second-order valence-corrected chi connectivity index (χ2v) is 7.21. The molecule has 0 aliphatic carbocycles. The van der Waals surface area contributed by atoms with Crippen LogP contribution >= 0.6 is 11.3 Å². The highest BCUT2D eigenvalue weighted by Crippen LogP contribution is 2.41. The molecule has 3 aromatic rings. The average Bonchev–Trinajstić information content (AvgIpc) is 3.21. The maximum absolute atomic E-state index is 13.2. The fourth-order valence-corrected chi connectivity index (χ4v) is 4.22. The first-order chi connectivity index (χ1) is 12.7. The molecular weight excluding hydrogens is 342 g/mol. The molecule has 0 bridgehead atoms. The largest absolute Gasteiger partial charge is 0.308 e. The molecule has 1 aliphatic heterocycles. The lowest BCUT2D eigenvalue weighted by Crippen LogP contribution is -2.27. The number of aromatic nitrogens is 1. The molecule has 0 fully saturated rings. The number of amides is 1. The number of rotatable bonds is 4. The van der Waals surface area contributed by atoms with E-state index in [9.17, 15) is 10.1 Å². The highest BCUT2D eigenvalue weighted by Gasteiger charge is 2.35. The van der Waals surface area contributed by atoms with E-state index in [1.54, 1.807) is 4.90 Å². The zero-order valence-electron chi connectivity index (χ0n) is 14.4. The molecule has 0 spiro atoms. The highest BCUT2D eigenvalue weighted by molar-refractivity contribution is 7.19. The third-order valence-corrected chi connectivity index (χ3v) is 5.58. The number of hydrogen-bond donors (Lipinski definition) is 0. The van der Waals surface area contributed by atoms with Crippen LogP contribution in [0.2, 0.25) is 0 Å². The van der Waals surface area contributed by atoms with E-state index in [4.69, 9.17) is 0 Å². The van der Waals surface area contributed by atoms with Gasteiger partial charge in [0.15, 0.2) is 0 Å². The number of para-hydroxylation sites is 2. The Labute approximate surface area is 156 Å². The second-order valence-electron chi connectivity index (χ2n) is 6.18. The van der Waals surface area contributed by atoms with Crippen LogP contribution in [-0.4, -0.2) is 17.4 Å². The zero-order chi connectivity index (χ0) is 18.1. The summed E-state index contributed by atoms with van der Waals surface area (Å²) in [5.74, 6) is -0.101. The van der Waals surface area contributed by atoms with E-state index in [0.29, 0.717) is 22.7 Å². The van der Waals surface area contributed by atoms with Crippen molar-refractivity contribution >= 4 is 44.3 Å². The SMILES string of the molecule is CCCCN1C(=O)/C(=C(\C#N)c2nc3ccccc3s2)c2ccccc21. The molecule has 128 valence electrons. The average molecular weight is 359 g/mol. The topological polar surface area (TPSA) is 57.0 Å². The van der Waals surface area contributed by atoms with Gasteiger partial charge in [-0.25, -0.2) is 4.98 Å². The minimum atomic E-state index is -0.101. The molecule has 2 heterocycles. The number of benzene rings is 2. The van der Waals surface area contributed by atoms with Crippen molar-refractivity contribution in [3.8, 4) is 6.07 Å². The van der Waals surface area contributed by atoms with E-state index in [1.165, 1.54) is 11.3 Å². The Morgan fingerprint density at radius 2 is 1.96 bits per heavy atom. The fraction of sp³-hybridized carbons (Fsp3) is 0.190. The summed E-state index contributed by atoms with van der Waals surface area (Å²) in [6, 6.07) is 17.7. The van der Waals surface area contributed by atoms with E-state index in [0.717, 1.165) is 34.3 Å². The molecule has 4 rings (SSSR count). The third-order valence-electron chi connectivity index (χ3n) is 4.53. The van der Waals surface area contributed by atoms with Crippen LogP contribution in [0.5, 0.6) is 0 Å². The number of carbonyl (C=O) groups excluding carboxylic acids is 1. The molecule has 0 saturated heterocycles. The van der Waals surface area contributed by atoms with Crippen molar-refractivity contribution in [1.82, 2.24) is 4.98 Å². The van der Waals surface area contributed by atoms with Gasteiger partial charge in [-0.2, -0.15) is 5.26 Å². The van der Waals surface area contributed by atoms with Crippen LogP contribution in [0, 0.1) is 11.3 Å². The van der Waals surface area contributed by atoms with Crippen LogP contribution in [0.15, 0.2) is 48.5 Å². The first-order valence-corrected chi connectivity index (χ1v) is 9.47. The normalized spacial score (nSPS) is 15.2. The number of hydrogen-bond acceptors (Lipinski definition) is 4. The fourth-order valence-electron chi connectivity index (χ4n) is 3.25. The van der Waals surface area contributed by atoms with Crippen LogP contribution in [0.1, 0.15) is 30.3 Å². The summed E-state index contributed by atoms with van der Waals surface area (Å²) < 4.78 is 1.01. The number of allylic oxidation sites excluding steroid dienone is 1.